The minimum Gasteiger partial charge on any atom is -0.744 e. The molecular formula is C51H52N2O14S2. The van der Waals surface area contributed by atoms with Crippen LogP contribution in [0, 0.1) is 0 Å². The third kappa shape index (κ3) is 16.2. The molecule has 8 aromatic rings. The Morgan fingerprint density at radius 2 is 0.797 bits per heavy atom. The van der Waals surface area contributed by atoms with Crippen LogP contribution >= 0.6 is 0 Å². The lowest BCUT2D eigenvalue weighted by molar-refractivity contribution is -0.646. The lowest BCUT2D eigenvalue weighted by Crippen LogP contribution is -2.32. The number of aliphatic hydroxyl groups is 1. The summed E-state index contributed by atoms with van der Waals surface area (Å²) in [4.78, 5) is -0.675. The monoisotopic (exact) mass is 980 g/mol. The lowest BCUT2D eigenvalue weighted by atomic mass is 10.1. The molecule has 2 aromatic heterocycles. The van der Waals surface area contributed by atoms with E-state index >= 15 is 0 Å². The van der Waals surface area contributed by atoms with Crippen molar-refractivity contribution in [3.05, 3.63) is 180 Å². The summed E-state index contributed by atoms with van der Waals surface area (Å²) in [5.74, 6) is 1.11. The number of hydrogen-bond acceptors (Lipinski definition) is 13. The Morgan fingerprint density at radius 1 is 0.464 bits per heavy atom. The van der Waals surface area contributed by atoms with Crippen molar-refractivity contribution >= 4 is 66.3 Å². The molecule has 0 amide bonds. The van der Waals surface area contributed by atoms with E-state index in [-0.39, 0.29) is 38.3 Å². The van der Waals surface area contributed by atoms with E-state index in [4.69, 9.17) is 24.8 Å². The van der Waals surface area contributed by atoms with E-state index in [9.17, 15) is 36.2 Å². The zero-order valence-corrected chi connectivity index (χ0v) is 39.7. The highest BCUT2D eigenvalue weighted by Crippen LogP contribution is 2.28. The first-order chi connectivity index (χ1) is 32.4. The van der Waals surface area contributed by atoms with Gasteiger partial charge in [-0.15, -0.1) is 0 Å². The number of ether oxygens (including phenoxy) is 2. The van der Waals surface area contributed by atoms with Crippen LogP contribution in [-0.2, 0) is 34.3 Å². The first-order valence-corrected chi connectivity index (χ1v) is 23.0. The number of nitrogens with zero attached hydrogens (tertiary/aromatic N) is 2. The highest BCUT2D eigenvalue weighted by molar-refractivity contribution is 7.86. The predicted octanol–water partition coefficient (Wildman–Crippen LogP) is 6.47. The van der Waals surface area contributed by atoms with Gasteiger partial charge in [-0.2, -0.15) is 9.13 Å². The normalized spacial score (nSPS) is 10.8. The van der Waals surface area contributed by atoms with Gasteiger partial charge in [0.15, 0.2) is 23.0 Å². The maximum atomic E-state index is 10.3. The van der Waals surface area contributed by atoms with Crippen molar-refractivity contribution in [2.75, 3.05) is 21.3 Å². The molecular weight excluding hydrogens is 929 g/mol. The second-order valence-electron chi connectivity index (χ2n) is 14.2. The van der Waals surface area contributed by atoms with Gasteiger partial charge >= 0.3 is 0 Å². The molecule has 0 saturated heterocycles. The number of fused-ring (bicyclic) bond motifs is 2. The summed E-state index contributed by atoms with van der Waals surface area (Å²) in [5.41, 5.74) is 6.53. The highest BCUT2D eigenvalue weighted by atomic mass is 32.2. The van der Waals surface area contributed by atoms with E-state index < -0.39 is 20.2 Å². The fourth-order valence-corrected chi connectivity index (χ4v) is 7.18. The van der Waals surface area contributed by atoms with Crippen LogP contribution in [0.1, 0.15) is 22.5 Å². The molecule has 2 heterocycles. The molecule has 0 aliphatic carbocycles. The molecule has 0 saturated carbocycles. The number of aryl methyl sites for hydroxylation is 2. The van der Waals surface area contributed by atoms with E-state index in [2.05, 4.69) is 83.9 Å². The Labute approximate surface area is 400 Å². The Bertz CT molecular complexity index is 3020. The number of pyridine rings is 2. The molecule has 16 nitrogen and oxygen atoms in total. The van der Waals surface area contributed by atoms with Gasteiger partial charge in [0.05, 0.1) is 24.0 Å². The summed E-state index contributed by atoms with van der Waals surface area (Å²) in [6.45, 7) is 0. The predicted molar refractivity (Wildman–Crippen MR) is 261 cm³/mol. The van der Waals surface area contributed by atoms with Crippen LogP contribution in [0.15, 0.2) is 168 Å². The van der Waals surface area contributed by atoms with Crippen molar-refractivity contribution in [3.8, 4) is 34.5 Å². The van der Waals surface area contributed by atoms with Crippen molar-refractivity contribution in [2.24, 2.45) is 14.1 Å². The van der Waals surface area contributed by atoms with Crippen molar-refractivity contribution in [1.29, 1.82) is 0 Å². The van der Waals surface area contributed by atoms with Gasteiger partial charge in [0.25, 0.3) is 0 Å². The topological polar surface area (TPSA) is 273 Å². The largest absolute Gasteiger partial charge is 0.744 e. The molecule has 8 rings (SSSR count). The third-order valence-electron chi connectivity index (χ3n) is 9.79. The van der Waals surface area contributed by atoms with Gasteiger partial charge in [0, 0.05) is 54.3 Å². The minimum atomic E-state index is -4.38. The van der Waals surface area contributed by atoms with Gasteiger partial charge in [0.1, 0.15) is 45.8 Å². The first-order valence-electron chi connectivity index (χ1n) is 20.2. The summed E-state index contributed by atoms with van der Waals surface area (Å²) in [5, 5.41) is 46.1. The van der Waals surface area contributed by atoms with E-state index in [0.29, 0.717) is 11.5 Å². The summed E-state index contributed by atoms with van der Waals surface area (Å²) in [6, 6.07) is 44.4. The Morgan fingerprint density at radius 3 is 1.12 bits per heavy atom. The van der Waals surface area contributed by atoms with E-state index in [1.54, 1.807) is 26.4 Å². The average Bonchev–Trinajstić information content (AvgIpc) is 3.33. The Kier molecular flexibility index (Phi) is 20.8. The number of para-hydroxylation sites is 2. The molecule has 69 heavy (non-hydrogen) atoms. The van der Waals surface area contributed by atoms with Gasteiger partial charge in [-0.1, -0.05) is 36.4 Å². The van der Waals surface area contributed by atoms with Gasteiger partial charge in [0.2, 0.25) is 22.4 Å². The second-order valence-corrected chi connectivity index (χ2v) is 16.9. The number of aromatic hydroxyl groups is 4. The molecule has 0 fully saturated rings. The quantitative estimate of drug-likeness (QED) is 0.0807. The molecule has 0 bridgehead atoms. The van der Waals surface area contributed by atoms with E-state index in [0.717, 1.165) is 78.2 Å². The van der Waals surface area contributed by atoms with Crippen LogP contribution in [0.2, 0.25) is 0 Å². The molecule has 18 heteroatoms. The summed E-state index contributed by atoms with van der Waals surface area (Å²) >= 11 is 0. The van der Waals surface area contributed by atoms with Gasteiger partial charge in [-0.25, -0.2) is 16.8 Å². The Hall–Kier alpha value is -7.84. The van der Waals surface area contributed by atoms with Crippen LogP contribution in [0.25, 0.3) is 46.1 Å². The van der Waals surface area contributed by atoms with Crippen molar-refractivity contribution in [2.45, 2.75) is 9.79 Å². The molecule has 6 aromatic carbocycles. The number of aromatic nitrogens is 2. The molecule has 0 atom stereocenters. The van der Waals surface area contributed by atoms with Crippen molar-refractivity contribution in [1.82, 2.24) is 0 Å². The summed E-state index contributed by atoms with van der Waals surface area (Å²) < 4.78 is 76.4. The van der Waals surface area contributed by atoms with Crippen LogP contribution < -0.4 is 18.6 Å². The fourth-order valence-electron chi connectivity index (χ4n) is 6.24. The highest BCUT2D eigenvalue weighted by Gasteiger charge is 2.10. The lowest BCUT2D eigenvalue weighted by Gasteiger charge is -2.05. The maximum absolute atomic E-state index is 10.3. The van der Waals surface area contributed by atoms with Crippen molar-refractivity contribution in [3.63, 3.8) is 0 Å². The molecule has 0 unspecified atom stereocenters. The molecule has 0 spiro atoms. The number of aliphatic hydroxyl groups excluding tert-OH is 1. The van der Waals surface area contributed by atoms with Gasteiger partial charge < -0.3 is 49.6 Å². The van der Waals surface area contributed by atoms with Crippen LogP contribution in [0.4, 0.5) is 0 Å². The maximum Gasteiger partial charge on any atom is 0.212 e. The van der Waals surface area contributed by atoms with E-state index in [1.165, 1.54) is 21.8 Å². The fraction of sp³-hybridized carbons (Fsp3) is 0.0980. The SMILES string of the molecule is CO.COc1cc(/C=C/c2ccc3ccccc3[n+]2C)ccc1O.COc1cc(/C=C/c2ccc3ccccc3[n+]2C)ccc1O.O.O=S(=O)([O-])c1ccc(O)cc1.O=S(=O)([O-])c1ccc(O)cc1. The van der Waals surface area contributed by atoms with Crippen LogP contribution in [0.3, 0.4) is 0 Å². The Balaban J connectivity index is 0.000000251. The smallest absolute Gasteiger partial charge is 0.212 e. The average molecular weight is 981 g/mol. The number of phenols is 4. The zero-order chi connectivity index (χ0) is 50.0. The molecule has 0 aliphatic heterocycles. The van der Waals surface area contributed by atoms with Crippen molar-refractivity contribution < 1.29 is 75.6 Å². The number of benzene rings is 6. The third-order valence-corrected chi connectivity index (χ3v) is 11.5. The number of phenolic OH excluding ortho intramolecular Hbond substituents is 4. The minimum absolute atomic E-state index is 0. The molecule has 7 N–H and O–H groups in total. The van der Waals surface area contributed by atoms with Gasteiger partial charge in [-0.05, 0) is 120 Å². The second kappa shape index (κ2) is 25.9. The van der Waals surface area contributed by atoms with Gasteiger partial charge in [-0.3, -0.25) is 0 Å². The number of methoxy groups -OCH3 is 2. The van der Waals surface area contributed by atoms with Crippen LogP contribution in [-0.4, -0.2) is 78.3 Å². The first kappa shape index (κ1) is 55.5. The molecule has 0 aliphatic rings. The number of rotatable bonds is 8. The number of hydrogen-bond donors (Lipinski definition) is 5. The van der Waals surface area contributed by atoms with E-state index in [1.807, 2.05) is 60.7 Å². The molecule has 362 valence electrons. The summed E-state index contributed by atoms with van der Waals surface area (Å²) in [7, 11) is -0.556. The zero-order valence-electron chi connectivity index (χ0n) is 38.0. The van der Waals surface area contributed by atoms with Crippen LogP contribution in [0.5, 0.6) is 34.5 Å². The molecule has 0 radical (unpaired) electrons. The standard InChI is InChI=1S/2C19H17NO2.2C6H6O4S.CH4O.H2O/c2*1-20-16(11-9-15-5-3-4-6-17(15)20)10-7-14-8-12-18(21)19(13-14)22-2;2*7-5-1-3-6(4-2-5)11(8,9)10;1-2;/h2*3-13H,1-2H3;2*1-4,7H,(H,8,9,10);2H,1H3;1H2. The summed E-state index contributed by atoms with van der Waals surface area (Å²) in [6.07, 6.45) is 8.12.